The number of ether oxygens (including phenoxy) is 4. The lowest BCUT2D eigenvalue weighted by Crippen LogP contribution is -2.31. The monoisotopic (exact) mass is 481 g/mol. The van der Waals surface area contributed by atoms with Crippen LogP contribution in [0.2, 0.25) is 0 Å². The van der Waals surface area contributed by atoms with E-state index in [4.69, 9.17) is 18.9 Å². The van der Waals surface area contributed by atoms with Crippen molar-refractivity contribution in [3.8, 4) is 17.2 Å². The molecule has 2 aliphatic rings. The largest absolute Gasteiger partial charge is 0.507 e. The first-order valence-electron chi connectivity index (χ1n) is 11.9. The van der Waals surface area contributed by atoms with Crippen LogP contribution in [0.15, 0.2) is 48.0 Å². The predicted octanol–water partition coefficient (Wildman–Crippen LogP) is 4.09. The lowest BCUT2D eigenvalue weighted by Gasteiger charge is -2.26. The summed E-state index contributed by atoms with van der Waals surface area (Å²) >= 11 is 0. The van der Waals surface area contributed by atoms with E-state index in [0.717, 1.165) is 12.8 Å². The number of hydrogen-bond acceptors (Lipinski definition) is 7. The lowest BCUT2D eigenvalue weighted by molar-refractivity contribution is -0.140. The molecule has 0 saturated carbocycles. The van der Waals surface area contributed by atoms with E-state index in [0.29, 0.717) is 67.8 Å². The zero-order valence-corrected chi connectivity index (χ0v) is 20.1. The number of nitrogens with zero attached hydrogens (tertiary/aromatic N) is 1. The van der Waals surface area contributed by atoms with Gasteiger partial charge in [0.05, 0.1) is 18.2 Å². The van der Waals surface area contributed by atoms with E-state index in [2.05, 4.69) is 6.92 Å². The van der Waals surface area contributed by atoms with Crippen LogP contribution >= 0.6 is 0 Å². The first kappa shape index (κ1) is 24.6. The van der Waals surface area contributed by atoms with Gasteiger partial charge in [0.15, 0.2) is 11.5 Å². The van der Waals surface area contributed by atoms with Gasteiger partial charge in [-0.05, 0) is 48.7 Å². The van der Waals surface area contributed by atoms with E-state index in [1.54, 1.807) is 25.3 Å². The molecule has 2 heterocycles. The molecule has 1 amide bonds. The molecule has 1 N–H and O–H groups in total. The summed E-state index contributed by atoms with van der Waals surface area (Å²) in [5.41, 5.74) is 1.11. The molecule has 35 heavy (non-hydrogen) atoms. The van der Waals surface area contributed by atoms with Crippen molar-refractivity contribution in [2.75, 3.05) is 40.1 Å². The van der Waals surface area contributed by atoms with Gasteiger partial charge in [0, 0.05) is 25.8 Å². The van der Waals surface area contributed by atoms with E-state index in [1.165, 1.54) is 4.90 Å². The van der Waals surface area contributed by atoms with Gasteiger partial charge in [-0.15, -0.1) is 0 Å². The standard InChI is InChI=1S/C27H31NO7/c1-3-4-13-33-20-8-5-7-18(16-20)24-23(26(30)27(31)28(24)11-6-12-32-2)25(29)19-9-10-21-22(17-19)35-15-14-34-21/h5,7-10,16-17,24,29H,3-4,6,11-15H2,1-2H3/b25-23-. The number of likely N-dealkylation sites (tertiary alicyclic amines) is 1. The highest BCUT2D eigenvalue weighted by Crippen LogP contribution is 2.41. The van der Waals surface area contributed by atoms with Crippen molar-refractivity contribution in [2.24, 2.45) is 0 Å². The Morgan fingerprint density at radius 3 is 2.63 bits per heavy atom. The smallest absolute Gasteiger partial charge is 0.295 e. The summed E-state index contributed by atoms with van der Waals surface area (Å²) < 4.78 is 22.2. The van der Waals surface area contributed by atoms with Gasteiger partial charge in [-0.1, -0.05) is 25.5 Å². The van der Waals surface area contributed by atoms with Crippen molar-refractivity contribution >= 4 is 17.4 Å². The molecule has 2 aliphatic heterocycles. The van der Waals surface area contributed by atoms with Gasteiger partial charge >= 0.3 is 0 Å². The Morgan fingerprint density at radius 1 is 1.06 bits per heavy atom. The number of aliphatic hydroxyl groups is 1. The highest BCUT2D eigenvalue weighted by atomic mass is 16.6. The molecule has 0 aliphatic carbocycles. The van der Waals surface area contributed by atoms with Gasteiger partial charge in [-0.3, -0.25) is 9.59 Å². The van der Waals surface area contributed by atoms with Crippen LogP contribution in [-0.2, 0) is 14.3 Å². The molecular weight excluding hydrogens is 450 g/mol. The summed E-state index contributed by atoms with van der Waals surface area (Å²) in [7, 11) is 1.59. The quantitative estimate of drug-likeness (QED) is 0.236. The topological polar surface area (TPSA) is 94.5 Å². The van der Waals surface area contributed by atoms with Crippen LogP contribution in [0, 0.1) is 0 Å². The summed E-state index contributed by atoms with van der Waals surface area (Å²) in [6, 6.07) is 11.6. The Bertz CT molecular complexity index is 1110. The number of aliphatic hydroxyl groups excluding tert-OH is 1. The molecule has 0 radical (unpaired) electrons. The molecule has 1 unspecified atom stereocenters. The second-order valence-corrected chi connectivity index (χ2v) is 8.47. The number of methoxy groups -OCH3 is 1. The van der Waals surface area contributed by atoms with Gasteiger partial charge in [0.2, 0.25) is 0 Å². The number of fused-ring (bicyclic) bond motifs is 1. The zero-order chi connectivity index (χ0) is 24.8. The van der Waals surface area contributed by atoms with Crippen LogP contribution in [0.1, 0.15) is 43.4 Å². The minimum Gasteiger partial charge on any atom is -0.507 e. The fourth-order valence-corrected chi connectivity index (χ4v) is 4.29. The molecule has 0 spiro atoms. The number of unbranched alkanes of at least 4 members (excludes halogenated alkanes) is 1. The van der Waals surface area contributed by atoms with Crippen LogP contribution in [0.25, 0.3) is 5.76 Å². The number of benzene rings is 2. The number of rotatable bonds is 10. The number of Topliss-reactive ketones (excluding diaryl/α,β-unsaturated/α-hetero) is 1. The number of carbonyl (C=O) groups is 2. The first-order chi connectivity index (χ1) is 17.0. The fraction of sp³-hybridized carbons (Fsp3) is 0.407. The molecule has 4 rings (SSSR count). The van der Waals surface area contributed by atoms with Crippen molar-refractivity contribution in [3.63, 3.8) is 0 Å². The first-order valence-corrected chi connectivity index (χ1v) is 11.9. The third-order valence-electron chi connectivity index (χ3n) is 6.04. The van der Waals surface area contributed by atoms with Crippen molar-refractivity contribution in [3.05, 3.63) is 59.2 Å². The highest BCUT2D eigenvalue weighted by Gasteiger charge is 2.46. The average Bonchev–Trinajstić information content (AvgIpc) is 3.13. The normalized spacial score (nSPS) is 18.7. The van der Waals surface area contributed by atoms with Gasteiger partial charge < -0.3 is 29.0 Å². The minimum atomic E-state index is -0.755. The Kier molecular flexibility index (Phi) is 7.92. The van der Waals surface area contributed by atoms with E-state index >= 15 is 0 Å². The summed E-state index contributed by atoms with van der Waals surface area (Å²) in [4.78, 5) is 27.8. The molecule has 8 nitrogen and oxygen atoms in total. The maximum atomic E-state index is 13.2. The SMILES string of the molecule is CCCCOc1cccc(C2/C(=C(/O)c3ccc4c(c3)OCCO4)C(=O)C(=O)N2CCCOC)c1. The predicted molar refractivity (Wildman–Crippen MR) is 130 cm³/mol. The summed E-state index contributed by atoms with van der Waals surface area (Å²) in [6.45, 7) is 4.25. The Balaban J connectivity index is 1.76. The van der Waals surface area contributed by atoms with Crippen LogP contribution < -0.4 is 14.2 Å². The molecular formula is C27H31NO7. The maximum absolute atomic E-state index is 13.2. The fourth-order valence-electron chi connectivity index (χ4n) is 4.29. The van der Waals surface area contributed by atoms with Gasteiger partial charge in [0.25, 0.3) is 11.7 Å². The van der Waals surface area contributed by atoms with Crippen molar-refractivity contribution in [2.45, 2.75) is 32.2 Å². The highest BCUT2D eigenvalue weighted by molar-refractivity contribution is 6.46. The molecule has 0 bridgehead atoms. The number of hydrogen-bond donors (Lipinski definition) is 1. The Labute approximate surface area is 205 Å². The summed E-state index contributed by atoms with van der Waals surface area (Å²) in [5.74, 6) is 0.0769. The van der Waals surface area contributed by atoms with Gasteiger partial charge in [-0.25, -0.2) is 0 Å². The zero-order valence-electron chi connectivity index (χ0n) is 20.1. The van der Waals surface area contributed by atoms with Gasteiger partial charge in [-0.2, -0.15) is 0 Å². The molecule has 2 aromatic rings. The molecule has 2 aromatic carbocycles. The van der Waals surface area contributed by atoms with Crippen LogP contribution in [0.5, 0.6) is 17.2 Å². The van der Waals surface area contributed by atoms with E-state index in [9.17, 15) is 14.7 Å². The van der Waals surface area contributed by atoms with Crippen LogP contribution in [-0.4, -0.2) is 61.8 Å². The van der Waals surface area contributed by atoms with Crippen molar-refractivity contribution in [1.29, 1.82) is 0 Å². The number of ketones is 1. The minimum absolute atomic E-state index is 0.0369. The van der Waals surface area contributed by atoms with E-state index in [-0.39, 0.29) is 11.3 Å². The third-order valence-corrected chi connectivity index (χ3v) is 6.04. The molecule has 1 atom stereocenters. The molecule has 1 saturated heterocycles. The molecule has 186 valence electrons. The summed E-state index contributed by atoms with van der Waals surface area (Å²) in [6.07, 6.45) is 2.48. The number of carbonyl (C=O) groups excluding carboxylic acids is 2. The van der Waals surface area contributed by atoms with Crippen LogP contribution in [0.4, 0.5) is 0 Å². The Morgan fingerprint density at radius 2 is 1.86 bits per heavy atom. The number of amides is 1. The van der Waals surface area contributed by atoms with Crippen molar-refractivity contribution < 1.29 is 33.6 Å². The Hall–Kier alpha value is -3.52. The molecule has 8 heteroatoms. The second kappa shape index (κ2) is 11.3. The molecule has 0 aromatic heterocycles. The third kappa shape index (κ3) is 5.27. The van der Waals surface area contributed by atoms with E-state index in [1.807, 2.05) is 24.3 Å². The maximum Gasteiger partial charge on any atom is 0.295 e. The molecule has 1 fully saturated rings. The van der Waals surface area contributed by atoms with Gasteiger partial charge in [0.1, 0.15) is 24.7 Å². The van der Waals surface area contributed by atoms with Crippen LogP contribution in [0.3, 0.4) is 0 Å². The van der Waals surface area contributed by atoms with Crippen molar-refractivity contribution in [1.82, 2.24) is 4.90 Å². The van der Waals surface area contributed by atoms with E-state index < -0.39 is 17.7 Å². The summed E-state index contributed by atoms with van der Waals surface area (Å²) in [5, 5.41) is 11.3. The lowest BCUT2D eigenvalue weighted by atomic mass is 9.95. The average molecular weight is 482 g/mol. The second-order valence-electron chi connectivity index (χ2n) is 8.47.